The molecule has 2 rings (SSSR count). The van der Waals surface area contributed by atoms with Crippen LogP contribution in [-0.4, -0.2) is 63.7 Å². The first-order chi connectivity index (χ1) is 13.1. The van der Waals surface area contributed by atoms with Crippen LogP contribution in [-0.2, 0) is 28.9 Å². The molecule has 1 aromatic carbocycles. The van der Waals surface area contributed by atoms with E-state index in [1.807, 2.05) is 0 Å². The molecule has 8 nitrogen and oxygen atoms in total. The Hall–Kier alpha value is -2.13. The Bertz CT molecular complexity index is 861. The minimum absolute atomic E-state index is 0.0279. The first-order valence-electron chi connectivity index (χ1n) is 8.74. The van der Waals surface area contributed by atoms with Gasteiger partial charge in [-0.15, -0.1) is 0 Å². The van der Waals surface area contributed by atoms with Crippen LogP contribution in [0.25, 0.3) is 0 Å². The summed E-state index contributed by atoms with van der Waals surface area (Å²) >= 11 is 5.94. The fourth-order valence-electron chi connectivity index (χ4n) is 2.81. The fourth-order valence-corrected chi connectivity index (χ4v) is 3.65. The maximum atomic E-state index is 12.3. The highest BCUT2D eigenvalue weighted by Crippen LogP contribution is 2.22. The lowest BCUT2D eigenvalue weighted by atomic mass is 9.97. The van der Waals surface area contributed by atoms with Gasteiger partial charge in [-0.05, 0) is 38.0 Å². The molecule has 0 N–H and O–H groups in total. The van der Waals surface area contributed by atoms with Crippen LogP contribution in [0.5, 0.6) is 0 Å². The topological polar surface area (TPSA) is 107 Å². The molecular formula is C18H22ClNO7S. The first kappa shape index (κ1) is 22.2. The van der Waals surface area contributed by atoms with Crippen molar-refractivity contribution in [2.75, 3.05) is 32.6 Å². The molecule has 0 bridgehead atoms. The van der Waals surface area contributed by atoms with Gasteiger partial charge in [-0.1, -0.05) is 11.6 Å². The van der Waals surface area contributed by atoms with Gasteiger partial charge in [0.25, 0.3) is 5.91 Å². The molecular weight excluding hydrogens is 410 g/mol. The monoisotopic (exact) mass is 431 g/mol. The van der Waals surface area contributed by atoms with Gasteiger partial charge >= 0.3 is 11.9 Å². The molecule has 0 spiro atoms. The third-order valence-electron chi connectivity index (χ3n) is 4.38. The number of esters is 2. The zero-order valence-corrected chi connectivity index (χ0v) is 17.2. The number of benzene rings is 1. The number of carbonyl (C=O) groups is 3. The highest BCUT2D eigenvalue weighted by atomic mass is 35.5. The Balaban J connectivity index is 1.92. The van der Waals surface area contributed by atoms with Gasteiger partial charge in [0.1, 0.15) is 0 Å². The molecule has 1 aliphatic heterocycles. The zero-order valence-electron chi connectivity index (χ0n) is 15.6. The Morgan fingerprint density at radius 1 is 1.18 bits per heavy atom. The lowest BCUT2D eigenvalue weighted by molar-refractivity contribution is -0.151. The average Bonchev–Trinajstić information content (AvgIpc) is 2.65. The predicted molar refractivity (Wildman–Crippen MR) is 101 cm³/mol. The van der Waals surface area contributed by atoms with Crippen LogP contribution in [0.3, 0.4) is 0 Å². The lowest BCUT2D eigenvalue weighted by Crippen LogP contribution is -2.42. The summed E-state index contributed by atoms with van der Waals surface area (Å²) in [5.41, 5.74) is -0.126. The van der Waals surface area contributed by atoms with Crippen LogP contribution in [0.1, 0.15) is 30.1 Å². The number of carbonyl (C=O) groups excluding carboxylic acids is 3. The Kier molecular flexibility index (Phi) is 7.42. The molecule has 0 atom stereocenters. The molecule has 0 aliphatic carbocycles. The molecule has 1 aromatic rings. The third kappa shape index (κ3) is 5.68. The molecule has 0 aromatic heterocycles. The van der Waals surface area contributed by atoms with Gasteiger partial charge in [-0.25, -0.2) is 13.2 Å². The van der Waals surface area contributed by atoms with E-state index in [0.717, 1.165) is 12.3 Å². The summed E-state index contributed by atoms with van der Waals surface area (Å²) in [5.74, 6) is -1.78. The minimum Gasteiger partial charge on any atom is -0.466 e. The highest BCUT2D eigenvalue weighted by Gasteiger charge is 2.28. The van der Waals surface area contributed by atoms with Crippen LogP contribution >= 0.6 is 11.6 Å². The Morgan fingerprint density at radius 2 is 1.82 bits per heavy atom. The molecule has 1 aliphatic rings. The van der Waals surface area contributed by atoms with Crippen molar-refractivity contribution in [1.29, 1.82) is 0 Å². The summed E-state index contributed by atoms with van der Waals surface area (Å²) in [6.07, 6.45) is 1.98. The number of rotatable bonds is 6. The van der Waals surface area contributed by atoms with Crippen LogP contribution in [0.2, 0.25) is 5.02 Å². The molecule has 0 radical (unpaired) electrons. The summed E-state index contributed by atoms with van der Waals surface area (Å²) in [4.78, 5) is 37.6. The smallest absolute Gasteiger partial charge is 0.340 e. The highest BCUT2D eigenvalue weighted by molar-refractivity contribution is 7.90. The summed E-state index contributed by atoms with van der Waals surface area (Å²) in [6.45, 7) is 2.29. The molecule has 1 saturated heterocycles. The van der Waals surface area contributed by atoms with Crippen LogP contribution in [0.15, 0.2) is 23.1 Å². The van der Waals surface area contributed by atoms with E-state index >= 15 is 0 Å². The predicted octanol–water partition coefficient (Wildman–Crippen LogP) is 1.70. The molecule has 10 heteroatoms. The molecule has 154 valence electrons. The molecule has 28 heavy (non-hydrogen) atoms. The van der Waals surface area contributed by atoms with Crippen molar-refractivity contribution in [3.8, 4) is 0 Å². The average molecular weight is 432 g/mol. The maximum Gasteiger partial charge on any atom is 0.340 e. The number of halogens is 1. The van der Waals surface area contributed by atoms with Crippen molar-refractivity contribution in [2.45, 2.75) is 24.7 Å². The van der Waals surface area contributed by atoms with Crippen molar-refractivity contribution in [1.82, 2.24) is 4.90 Å². The van der Waals surface area contributed by atoms with Gasteiger partial charge in [0.05, 0.1) is 28.0 Å². The number of piperidine rings is 1. The number of ether oxygens (including phenoxy) is 2. The van der Waals surface area contributed by atoms with E-state index in [1.165, 1.54) is 17.0 Å². The minimum atomic E-state index is -3.52. The van der Waals surface area contributed by atoms with Crippen molar-refractivity contribution >= 4 is 39.3 Å². The van der Waals surface area contributed by atoms with Crippen LogP contribution in [0.4, 0.5) is 0 Å². The molecule has 1 heterocycles. The molecule has 0 saturated carbocycles. The van der Waals surface area contributed by atoms with Gasteiger partial charge in [0, 0.05) is 19.3 Å². The summed E-state index contributed by atoms with van der Waals surface area (Å²) in [5, 5.41) is 0.0279. The van der Waals surface area contributed by atoms with E-state index in [2.05, 4.69) is 0 Å². The van der Waals surface area contributed by atoms with E-state index in [0.29, 0.717) is 32.5 Å². The maximum absolute atomic E-state index is 12.3. The van der Waals surface area contributed by atoms with E-state index in [-0.39, 0.29) is 27.4 Å². The lowest BCUT2D eigenvalue weighted by Gasteiger charge is -2.30. The number of likely N-dealkylation sites (tertiary alicyclic amines) is 1. The second-order valence-corrected chi connectivity index (χ2v) is 8.82. The van der Waals surface area contributed by atoms with E-state index in [9.17, 15) is 22.8 Å². The normalized spacial score (nSPS) is 15.2. The number of hydrogen-bond donors (Lipinski definition) is 0. The standard InChI is InChI=1S/C18H22ClNO7S/c1-3-26-17(22)12-6-8-20(9-7-12)16(21)11-27-18(23)14-10-13(28(2,24)25)4-5-15(14)19/h4-5,10,12H,3,6-9,11H2,1-2H3. The Labute approximate surface area is 168 Å². The molecule has 1 amide bonds. The summed E-state index contributed by atoms with van der Waals surface area (Å²) < 4.78 is 33.2. The van der Waals surface area contributed by atoms with Crippen LogP contribution < -0.4 is 0 Å². The van der Waals surface area contributed by atoms with Crippen molar-refractivity contribution in [3.63, 3.8) is 0 Å². The van der Waals surface area contributed by atoms with Crippen molar-refractivity contribution in [2.24, 2.45) is 5.92 Å². The van der Waals surface area contributed by atoms with Crippen molar-refractivity contribution < 1.29 is 32.3 Å². The van der Waals surface area contributed by atoms with Gasteiger partial charge in [0.2, 0.25) is 0 Å². The van der Waals surface area contributed by atoms with E-state index in [4.69, 9.17) is 21.1 Å². The number of sulfone groups is 1. The second-order valence-electron chi connectivity index (χ2n) is 6.40. The summed E-state index contributed by atoms with van der Waals surface area (Å²) in [6, 6.07) is 3.69. The van der Waals surface area contributed by atoms with E-state index < -0.39 is 28.3 Å². The van der Waals surface area contributed by atoms with Gasteiger partial charge in [-0.3, -0.25) is 9.59 Å². The number of amides is 1. The molecule has 0 unspecified atom stereocenters. The van der Waals surface area contributed by atoms with E-state index in [1.54, 1.807) is 6.92 Å². The molecule has 1 fully saturated rings. The quantitative estimate of drug-likeness (QED) is 0.631. The number of hydrogen-bond acceptors (Lipinski definition) is 7. The first-order valence-corrected chi connectivity index (χ1v) is 11.0. The fraction of sp³-hybridized carbons (Fsp3) is 0.500. The Morgan fingerprint density at radius 3 is 2.39 bits per heavy atom. The van der Waals surface area contributed by atoms with Gasteiger partial charge in [0.15, 0.2) is 16.4 Å². The zero-order chi connectivity index (χ0) is 20.9. The van der Waals surface area contributed by atoms with Gasteiger partial charge in [-0.2, -0.15) is 0 Å². The van der Waals surface area contributed by atoms with Gasteiger partial charge < -0.3 is 14.4 Å². The van der Waals surface area contributed by atoms with Crippen LogP contribution in [0, 0.1) is 5.92 Å². The largest absolute Gasteiger partial charge is 0.466 e. The number of nitrogens with zero attached hydrogens (tertiary/aromatic N) is 1. The van der Waals surface area contributed by atoms with Crippen molar-refractivity contribution in [3.05, 3.63) is 28.8 Å². The third-order valence-corrected chi connectivity index (χ3v) is 5.82. The summed E-state index contributed by atoms with van der Waals surface area (Å²) in [7, 11) is -3.52. The second kappa shape index (κ2) is 9.38. The SMILES string of the molecule is CCOC(=O)C1CCN(C(=O)COC(=O)c2cc(S(C)(=O)=O)ccc2Cl)CC1.